The number of fused-ring (bicyclic) bond motifs is 1. The standard InChI is InChI=1S/C14H20N6O/c1-10-17-18-13-5-4-12(9-20(10)13)16-14(21)6-3-11-7-15-19(2)8-11/h7-8,12H,3-6,9H2,1-2H3,(H,16,21)/t12-/m0/s1. The van der Waals surface area contributed by atoms with Gasteiger partial charge in [0, 0.05) is 38.7 Å². The summed E-state index contributed by atoms with van der Waals surface area (Å²) >= 11 is 0. The zero-order valence-corrected chi connectivity index (χ0v) is 12.4. The molecular weight excluding hydrogens is 268 g/mol. The van der Waals surface area contributed by atoms with Crippen LogP contribution in [0.1, 0.15) is 30.1 Å². The largest absolute Gasteiger partial charge is 0.352 e. The summed E-state index contributed by atoms with van der Waals surface area (Å²) in [6.45, 7) is 2.72. The van der Waals surface area contributed by atoms with E-state index in [4.69, 9.17) is 0 Å². The summed E-state index contributed by atoms with van der Waals surface area (Å²) in [6, 6.07) is 0.175. The van der Waals surface area contributed by atoms with Gasteiger partial charge in [-0.15, -0.1) is 10.2 Å². The first kappa shape index (κ1) is 13.8. The molecule has 1 aliphatic rings. The molecule has 7 nitrogen and oxygen atoms in total. The van der Waals surface area contributed by atoms with Gasteiger partial charge in [0.2, 0.25) is 5.91 Å². The van der Waals surface area contributed by atoms with Gasteiger partial charge in [-0.1, -0.05) is 0 Å². The van der Waals surface area contributed by atoms with Gasteiger partial charge < -0.3 is 9.88 Å². The molecule has 0 fully saturated rings. The molecule has 1 amide bonds. The molecule has 3 heterocycles. The maximum absolute atomic E-state index is 12.0. The molecule has 1 aliphatic heterocycles. The van der Waals surface area contributed by atoms with Crippen LogP contribution in [0.15, 0.2) is 12.4 Å². The van der Waals surface area contributed by atoms with Gasteiger partial charge in [0.05, 0.1) is 6.20 Å². The van der Waals surface area contributed by atoms with Crippen molar-refractivity contribution in [2.45, 2.75) is 45.2 Å². The quantitative estimate of drug-likeness (QED) is 0.882. The summed E-state index contributed by atoms with van der Waals surface area (Å²) in [5, 5.41) is 15.4. The normalized spacial score (nSPS) is 17.5. The fraction of sp³-hybridized carbons (Fsp3) is 0.571. The van der Waals surface area contributed by atoms with Gasteiger partial charge in [-0.2, -0.15) is 5.10 Å². The van der Waals surface area contributed by atoms with Gasteiger partial charge in [-0.3, -0.25) is 9.48 Å². The Bertz CT molecular complexity index is 644. The number of nitrogens with zero attached hydrogens (tertiary/aromatic N) is 5. The molecule has 0 bridgehead atoms. The fourth-order valence-corrected chi connectivity index (χ4v) is 2.74. The van der Waals surface area contributed by atoms with Crippen molar-refractivity contribution in [2.75, 3.05) is 0 Å². The number of carbonyl (C=O) groups excluding carboxylic acids is 1. The molecule has 3 rings (SSSR count). The Labute approximate surface area is 123 Å². The third-order valence-corrected chi connectivity index (χ3v) is 3.90. The van der Waals surface area contributed by atoms with Crippen LogP contribution in [0.25, 0.3) is 0 Å². The number of hydrogen-bond acceptors (Lipinski definition) is 4. The zero-order chi connectivity index (χ0) is 14.8. The molecule has 21 heavy (non-hydrogen) atoms. The Kier molecular flexibility index (Phi) is 3.72. The number of hydrogen-bond donors (Lipinski definition) is 1. The predicted octanol–water partition coefficient (Wildman–Crippen LogP) is 0.384. The minimum atomic E-state index is 0.0954. The molecule has 0 spiro atoms. The van der Waals surface area contributed by atoms with Crippen LogP contribution >= 0.6 is 0 Å². The van der Waals surface area contributed by atoms with Crippen LogP contribution in [0.5, 0.6) is 0 Å². The average Bonchev–Trinajstić information content (AvgIpc) is 3.04. The van der Waals surface area contributed by atoms with Crippen LogP contribution in [0.3, 0.4) is 0 Å². The molecule has 2 aromatic rings. The number of nitrogens with one attached hydrogen (secondary N) is 1. The summed E-state index contributed by atoms with van der Waals surface area (Å²) < 4.78 is 3.85. The lowest BCUT2D eigenvalue weighted by Crippen LogP contribution is -2.41. The summed E-state index contributed by atoms with van der Waals surface area (Å²) in [5.41, 5.74) is 1.09. The Morgan fingerprint density at radius 3 is 3.10 bits per heavy atom. The summed E-state index contributed by atoms with van der Waals surface area (Å²) in [7, 11) is 1.88. The van der Waals surface area contributed by atoms with Gasteiger partial charge in [-0.05, 0) is 25.3 Å². The molecule has 1 N–H and O–H groups in total. The van der Waals surface area contributed by atoms with Gasteiger partial charge in [0.25, 0.3) is 0 Å². The van der Waals surface area contributed by atoms with Crippen LogP contribution in [0.2, 0.25) is 0 Å². The van der Waals surface area contributed by atoms with Crippen molar-refractivity contribution in [1.29, 1.82) is 0 Å². The number of rotatable bonds is 4. The lowest BCUT2D eigenvalue weighted by Gasteiger charge is -2.24. The lowest BCUT2D eigenvalue weighted by atomic mass is 10.1. The zero-order valence-electron chi connectivity index (χ0n) is 12.4. The highest BCUT2D eigenvalue weighted by Gasteiger charge is 2.22. The monoisotopic (exact) mass is 288 g/mol. The predicted molar refractivity (Wildman–Crippen MR) is 76.5 cm³/mol. The van der Waals surface area contributed by atoms with Crippen LogP contribution in [0, 0.1) is 6.92 Å². The van der Waals surface area contributed by atoms with Crippen molar-refractivity contribution in [1.82, 2.24) is 29.9 Å². The van der Waals surface area contributed by atoms with Crippen LogP contribution < -0.4 is 5.32 Å². The van der Waals surface area contributed by atoms with Crippen LogP contribution in [-0.2, 0) is 31.2 Å². The Hall–Kier alpha value is -2.18. The van der Waals surface area contributed by atoms with Crippen LogP contribution in [-0.4, -0.2) is 36.5 Å². The minimum absolute atomic E-state index is 0.0954. The number of amides is 1. The topological polar surface area (TPSA) is 77.6 Å². The van der Waals surface area contributed by atoms with Crippen molar-refractivity contribution >= 4 is 5.91 Å². The summed E-state index contributed by atoms with van der Waals surface area (Å²) in [4.78, 5) is 12.0. The van der Waals surface area contributed by atoms with E-state index in [0.717, 1.165) is 43.0 Å². The molecule has 0 unspecified atom stereocenters. The Balaban J connectivity index is 1.50. The van der Waals surface area contributed by atoms with Crippen molar-refractivity contribution in [3.8, 4) is 0 Å². The van der Waals surface area contributed by atoms with E-state index < -0.39 is 0 Å². The first-order valence-electron chi connectivity index (χ1n) is 7.27. The minimum Gasteiger partial charge on any atom is -0.352 e. The Morgan fingerprint density at radius 2 is 2.33 bits per heavy atom. The van der Waals surface area contributed by atoms with Crippen molar-refractivity contribution in [3.63, 3.8) is 0 Å². The van der Waals surface area contributed by atoms with E-state index in [1.807, 2.05) is 20.2 Å². The maximum Gasteiger partial charge on any atom is 0.220 e. The fourth-order valence-electron chi connectivity index (χ4n) is 2.74. The molecule has 2 aromatic heterocycles. The molecule has 7 heteroatoms. The molecule has 1 atom stereocenters. The van der Waals surface area contributed by atoms with E-state index in [0.29, 0.717) is 6.42 Å². The highest BCUT2D eigenvalue weighted by Crippen LogP contribution is 2.14. The first-order chi connectivity index (χ1) is 10.1. The number of carbonyl (C=O) groups is 1. The third-order valence-electron chi connectivity index (χ3n) is 3.90. The molecule has 0 aromatic carbocycles. The van der Waals surface area contributed by atoms with E-state index in [-0.39, 0.29) is 11.9 Å². The molecule has 0 saturated heterocycles. The van der Waals surface area contributed by atoms with Gasteiger partial charge in [-0.25, -0.2) is 0 Å². The summed E-state index contributed by atoms with van der Waals surface area (Å²) in [5.74, 6) is 2.03. The van der Waals surface area contributed by atoms with E-state index in [1.165, 1.54) is 0 Å². The molecular formula is C14H20N6O. The lowest BCUT2D eigenvalue weighted by molar-refractivity contribution is -0.122. The SMILES string of the molecule is Cc1nnc2n1C[C@@H](NC(=O)CCc1cnn(C)c1)CC2. The first-order valence-corrected chi connectivity index (χ1v) is 7.27. The van der Waals surface area contributed by atoms with E-state index >= 15 is 0 Å². The number of aromatic nitrogens is 5. The smallest absolute Gasteiger partial charge is 0.220 e. The molecule has 0 saturated carbocycles. The second-order valence-corrected chi connectivity index (χ2v) is 5.60. The highest BCUT2D eigenvalue weighted by atomic mass is 16.1. The van der Waals surface area contributed by atoms with Crippen molar-refractivity contribution in [2.24, 2.45) is 7.05 Å². The molecule has 0 aliphatic carbocycles. The van der Waals surface area contributed by atoms with Gasteiger partial charge in [0.15, 0.2) is 0 Å². The van der Waals surface area contributed by atoms with Gasteiger partial charge in [0.1, 0.15) is 11.6 Å². The Morgan fingerprint density at radius 1 is 1.48 bits per heavy atom. The average molecular weight is 288 g/mol. The second-order valence-electron chi connectivity index (χ2n) is 5.60. The molecule has 0 radical (unpaired) electrons. The van der Waals surface area contributed by atoms with E-state index in [2.05, 4.69) is 25.2 Å². The van der Waals surface area contributed by atoms with Crippen molar-refractivity contribution in [3.05, 3.63) is 29.6 Å². The van der Waals surface area contributed by atoms with Crippen molar-refractivity contribution < 1.29 is 4.79 Å². The van der Waals surface area contributed by atoms with E-state index in [1.54, 1.807) is 10.9 Å². The number of aryl methyl sites for hydroxylation is 4. The molecule has 112 valence electrons. The van der Waals surface area contributed by atoms with Crippen LogP contribution in [0.4, 0.5) is 0 Å². The van der Waals surface area contributed by atoms with Gasteiger partial charge >= 0.3 is 0 Å². The second kappa shape index (κ2) is 5.67. The highest BCUT2D eigenvalue weighted by molar-refractivity contribution is 5.76. The summed E-state index contributed by atoms with van der Waals surface area (Å²) in [6.07, 6.45) is 6.77. The maximum atomic E-state index is 12.0. The third kappa shape index (κ3) is 3.12. The van der Waals surface area contributed by atoms with E-state index in [9.17, 15) is 4.79 Å².